The number of nitrogens with zero attached hydrogens (tertiary/aromatic N) is 1. The molecule has 0 bridgehead atoms. The third-order valence-corrected chi connectivity index (χ3v) is 2.48. The molecule has 0 aliphatic rings. The molecule has 1 heterocycles. The monoisotopic (exact) mass is 200 g/mol. The molecule has 0 aliphatic heterocycles. The molecule has 0 atom stereocenters. The Hall–Kier alpha value is -1.57. The summed E-state index contributed by atoms with van der Waals surface area (Å²) in [6.07, 6.45) is 4.25. The van der Waals surface area contributed by atoms with E-state index in [0.29, 0.717) is 0 Å². The molecule has 78 valence electrons. The summed E-state index contributed by atoms with van der Waals surface area (Å²) in [4.78, 5) is 4.40. The quantitative estimate of drug-likeness (QED) is 0.765. The number of rotatable bonds is 4. The number of para-hydroxylation sites is 1. The highest BCUT2D eigenvalue weighted by Gasteiger charge is 1.99. The van der Waals surface area contributed by atoms with Gasteiger partial charge in [0.2, 0.25) is 0 Å². The van der Waals surface area contributed by atoms with Crippen LogP contribution in [0, 0.1) is 0 Å². The molecule has 0 radical (unpaired) electrons. The molecule has 0 amide bonds. The van der Waals surface area contributed by atoms with Crippen molar-refractivity contribution in [1.29, 1.82) is 0 Å². The zero-order valence-corrected chi connectivity index (χ0v) is 9.03. The highest BCUT2D eigenvalue weighted by atomic mass is 14.9. The Balaban J connectivity index is 2.26. The Kier molecular flexibility index (Phi) is 3.18. The second kappa shape index (κ2) is 4.78. The predicted molar refractivity (Wildman–Crippen MR) is 65.1 cm³/mol. The van der Waals surface area contributed by atoms with E-state index in [1.807, 2.05) is 12.3 Å². The van der Waals surface area contributed by atoms with E-state index in [1.165, 1.54) is 18.2 Å². The SMILES string of the molecule is CCCCNc1cccc2cccnc12. The number of hydrogen-bond donors (Lipinski definition) is 1. The summed E-state index contributed by atoms with van der Waals surface area (Å²) in [6.45, 7) is 3.22. The van der Waals surface area contributed by atoms with Gasteiger partial charge in [-0.25, -0.2) is 0 Å². The van der Waals surface area contributed by atoms with E-state index in [2.05, 4.69) is 41.5 Å². The molecule has 0 fully saturated rings. The first-order valence-corrected chi connectivity index (χ1v) is 5.49. The lowest BCUT2D eigenvalue weighted by molar-refractivity contribution is 0.835. The second-order valence-corrected chi connectivity index (χ2v) is 3.66. The number of hydrogen-bond acceptors (Lipinski definition) is 2. The molecule has 1 aromatic carbocycles. The third kappa shape index (κ3) is 2.27. The molecule has 1 aromatic heterocycles. The maximum Gasteiger partial charge on any atom is 0.0933 e. The molecule has 1 N–H and O–H groups in total. The van der Waals surface area contributed by atoms with E-state index in [4.69, 9.17) is 0 Å². The summed E-state index contributed by atoms with van der Waals surface area (Å²) >= 11 is 0. The van der Waals surface area contributed by atoms with Crippen LogP contribution in [0.2, 0.25) is 0 Å². The van der Waals surface area contributed by atoms with Crippen LogP contribution in [0.1, 0.15) is 19.8 Å². The number of anilines is 1. The Bertz CT molecular complexity index is 432. The van der Waals surface area contributed by atoms with Crippen molar-refractivity contribution in [3.8, 4) is 0 Å². The first kappa shape index (κ1) is 9.97. The van der Waals surface area contributed by atoms with Gasteiger partial charge in [-0.1, -0.05) is 31.5 Å². The summed E-state index contributed by atoms with van der Waals surface area (Å²) in [5.74, 6) is 0. The van der Waals surface area contributed by atoms with Crippen molar-refractivity contribution in [3.05, 3.63) is 36.5 Å². The maximum absolute atomic E-state index is 4.40. The normalized spacial score (nSPS) is 10.5. The van der Waals surface area contributed by atoms with Crippen molar-refractivity contribution in [2.24, 2.45) is 0 Å². The lowest BCUT2D eigenvalue weighted by atomic mass is 10.2. The summed E-state index contributed by atoms with van der Waals surface area (Å²) in [7, 11) is 0. The highest BCUT2D eigenvalue weighted by Crippen LogP contribution is 2.20. The number of fused-ring (bicyclic) bond motifs is 1. The van der Waals surface area contributed by atoms with Gasteiger partial charge in [0, 0.05) is 18.1 Å². The fourth-order valence-corrected chi connectivity index (χ4v) is 1.65. The van der Waals surface area contributed by atoms with Crippen LogP contribution in [0.4, 0.5) is 5.69 Å². The van der Waals surface area contributed by atoms with Gasteiger partial charge in [-0.15, -0.1) is 0 Å². The van der Waals surface area contributed by atoms with Crippen LogP contribution in [0.3, 0.4) is 0 Å². The van der Waals surface area contributed by atoms with Crippen LogP contribution < -0.4 is 5.32 Å². The predicted octanol–water partition coefficient (Wildman–Crippen LogP) is 3.45. The van der Waals surface area contributed by atoms with E-state index in [0.717, 1.165) is 17.7 Å². The number of pyridine rings is 1. The average Bonchev–Trinajstić information content (AvgIpc) is 2.30. The van der Waals surface area contributed by atoms with Crippen molar-refractivity contribution in [1.82, 2.24) is 4.98 Å². The highest BCUT2D eigenvalue weighted by molar-refractivity contribution is 5.90. The fourth-order valence-electron chi connectivity index (χ4n) is 1.65. The van der Waals surface area contributed by atoms with Crippen molar-refractivity contribution in [2.75, 3.05) is 11.9 Å². The molecule has 2 rings (SSSR count). The number of aromatic nitrogens is 1. The number of benzene rings is 1. The van der Waals surface area contributed by atoms with Crippen LogP contribution in [0.5, 0.6) is 0 Å². The third-order valence-electron chi connectivity index (χ3n) is 2.48. The Morgan fingerprint density at radius 2 is 2.07 bits per heavy atom. The van der Waals surface area contributed by atoms with Crippen molar-refractivity contribution >= 4 is 16.6 Å². The van der Waals surface area contributed by atoms with Gasteiger partial charge in [-0.2, -0.15) is 0 Å². The van der Waals surface area contributed by atoms with Gasteiger partial charge in [0.15, 0.2) is 0 Å². The first-order valence-electron chi connectivity index (χ1n) is 5.49. The molecule has 15 heavy (non-hydrogen) atoms. The van der Waals surface area contributed by atoms with E-state index in [1.54, 1.807) is 0 Å². The summed E-state index contributed by atoms with van der Waals surface area (Å²) in [6, 6.07) is 10.3. The molecular formula is C13H16N2. The van der Waals surface area contributed by atoms with Crippen LogP contribution in [0.25, 0.3) is 10.9 Å². The molecule has 0 aliphatic carbocycles. The van der Waals surface area contributed by atoms with Crippen LogP contribution in [-0.4, -0.2) is 11.5 Å². The lowest BCUT2D eigenvalue weighted by Gasteiger charge is -2.07. The molecule has 2 nitrogen and oxygen atoms in total. The Labute approximate surface area is 90.3 Å². The van der Waals surface area contributed by atoms with Crippen LogP contribution in [-0.2, 0) is 0 Å². The summed E-state index contributed by atoms with van der Waals surface area (Å²) in [5.41, 5.74) is 2.21. The number of unbranched alkanes of at least 4 members (excludes halogenated alkanes) is 1. The Morgan fingerprint density at radius 1 is 1.20 bits per heavy atom. The van der Waals surface area contributed by atoms with Crippen molar-refractivity contribution in [2.45, 2.75) is 19.8 Å². The molecule has 0 spiro atoms. The molecule has 0 saturated carbocycles. The fraction of sp³-hybridized carbons (Fsp3) is 0.308. The minimum absolute atomic E-state index is 1.02. The minimum Gasteiger partial charge on any atom is -0.383 e. The largest absolute Gasteiger partial charge is 0.383 e. The zero-order valence-electron chi connectivity index (χ0n) is 9.03. The molecule has 2 aromatic rings. The second-order valence-electron chi connectivity index (χ2n) is 3.66. The molecular weight excluding hydrogens is 184 g/mol. The average molecular weight is 200 g/mol. The van der Waals surface area contributed by atoms with Crippen LogP contribution in [0.15, 0.2) is 36.5 Å². The summed E-state index contributed by atoms with van der Waals surface area (Å²) in [5, 5.41) is 4.62. The van der Waals surface area contributed by atoms with Crippen molar-refractivity contribution < 1.29 is 0 Å². The molecule has 0 unspecified atom stereocenters. The minimum atomic E-state index is 1.02. The van der Waals surface area contributed by atoms with Gasteiger partial charge in [0.25, 0.3) is 0 Å². The smallest absolute Gasteiger partial charge is 0.0933 e. The topological polar surface area (TPSA) is 24.9 Å². The number of nitrogens with one attached hydrogen (secondary N) is 1. The van der Waals surface area contributed by atoms with Crippen LogP contribution >= 0.6 is 0 Å². The standard InChI is InChI=1S/C13H16N2/c1-2-3-9-14-12-8-4-6-11-7-5-10-15-13(11)12/h4-8,10,14H,2-3,9H2,1H3. The van der Waals surface area contributed by atoms with E-state index < -0.39 is 0 Å². The van der Waals surface area contributed by atoms with Gasteiger partial charge in [0.05, 0.1) is 11.2 Å². The van der Waals surface area contributed by atoms with Gasteiger partial charge in [0.1, 0.15) is 0 Å². The lowest BCUT2D eigenvalue weighted by Crippen LogP contribution is -2.01. The van der Waals surface area contributed by atoms with Gasteiger partial charge in [-0.3, -0.25) is 4.98 Å². The van der Waals surface area contributed by atoms with E-state index in [-0.39, 0.29) is 0 Å². The zero-order chi connectivity index (χ0) is 10.5. The van der Waals surface area contributed by atoms with E-state index >= 15 is 0 Å². The first-order chi connectivity index (χ1) is 7.42. The summed E-state index contributed by atoms with van der Waals surface area (Å²) < 4.78 is 0. The van der Waals surface area contributed by atoms with Crippen molar-refractivity contribution in [3.63, 3.8) is 0 Å². The Morgan fingerprint density at radius 3 is 2.93 bits per heavy atom. The van der Waals surface area contributed by atoms with Gasteiger partial charge >= 0.3 is 0 Å². The van der Waals surface area contributed by atoms with Gasteiger partial charge < -0.3 is 5.32 Å². The molecule has 0 saturated heterocycles. The maximum atomic E-state index is 4.40. The van der Waals surface area contributed by atoms with Gasteiger partial charge in [-0.05, 0) is 18.6 Å². The van der Waals surface area contributed by atoms with E-state index in [9.17, 15) is 0 Å². The molecule has 2 heteroatoms.